The first kappa shape index (κ1) is 16.6. The van der Waals surface area contributed by atoms with Gasteiger partial charge in [-0.3, -0.25) is 4.90 Å². The maximum absolute atomic E-state index is 12.8. The van der Waals surface area contributed by atoms with E-state index >= 15 is 0 Å². The van der Waals surface area contributed by atoms with Crippen LogP contribution in [0.3, 0.4) is 0 Å². The normalized spacial score (nSPS) is 17.0. The Morgan fingerprint density at radius 2 is 1.86 bits per heavy atom. The minimum Gasteiger partial charge on any atom is -0.497 e. The van der Waals surface area contributed by atoms with Crippen LogP contribution in [0.2, 0.25) is 0 Å². The average molecular weight is 324 g/mol. The first-order chi connectivity index (χ1) is 10.5. The number of rotatable bonds is 5. The molecule has 120 valence electrons. The van der Waals surface area contributed by atoms with Crippen molar-refractivity contribution < 1.29 is 17.9 Å². The molecule has 0 atom stereocenters. The number of hydrogen-bond acceptors (Lipinski definition) is 5. The highest BCUT2D eigenvalue weighted by Crippen LogP contribution is 2.30. The summed E-state index contributed by atoms with van der Waals surface area (Å²) in [4.78, 5) is 2.18. The fraction of sp³-hybridized carbons (Fsp3) is 0.467. The standard InChI is InChI=1S/C15H20N2O4S/c1-4-7-16-8-10-17(11-9-16)22(18,19)15-12-13(20-2)5-6-14(15)21-3/h1,5-6,12H,7-11H2,2-3H3. The highest BCUT2D eigenvalue weighted by Gasteiger charge is 2.31. The van der Waals surface area contributed by atoms with Gasteiger partial charge in [-0.1, -0.05) is 5.92 Å². The Morgan fingerprint density at radius 3 is 2.41 bits per heavy atom. The molecular formula is C15H20N2O4S. The molecule has 0 radical (unpaired) electrons. The number of methoxy groups -OCH3 is 2. The van der Waals surface area contributed by atoms with Crippen LogP contribution >= 0.6 is 0 Å². The minimum atomic E-state index is -3.63. The largest absolute Gasteiger partial charge is 0.497 e. The highest BCUT2D eigenvalue weighted by molar-refractivity contribution is 7.89. The van der Waals surface area contributed by atoms with Gasteiger partial charge in [0, 0.05) is 32.2 Å². The molecular weight excluding hydrogens is 304 g/mol. The van der Waals surface area contributed by atoms with Gasteiger partial charge in [-0.05, 0) is 12.1 Å². The summed E-state index contributed by atoms with van der Waals surface area (Å²) < 4.78 is 37.4. The van der Waals surface area contributed by atoms with Gasteiger partial charge in [0.1, 0.15) is 16.4 Å². The van der Waals surface area contributed by atoms with Crippen LogP contribution in [0, 0.1) is 12.3 Å². The Hall–Kier alpha value is -1.75. The van der Waals surface area contributed by atoms with E-state index in [9.17, 15) is 8.42 Å². The molecule has 0 aliphatic carbocycles. The molecule has 0 bridgehead atoms. The molecule has 0 amide bonds. The molecule has 2 rings (SSSR count). The Bertz CT molecular complexity index is 659. The van der Waals surface area contributed by atoms with Gasteiger partial charge < -0.3 is 9.47 Å². The SMILES string of the molecule is C#CCN1CCN(S(=O)(=O)c2cc(OC)ccc2OC)CC1. The summed E-state index contributed by atoms with van der Waals surface area (Å²) in [5.74, 6) is 3.37. The van der Waals surface area contributed by atoms with Crippen LogP contribution < -0.4 is 9.47 Å². The van der Waals surface area contributed by atoms with Crippen molar-refractivity contribution in [2.45, 2.75) is 4.90 Å². The number of terminal acetylenes is 1. The van der Waals surface area contributed by atoms with Crippen molar-refractivity contribution in [3.63, 3.8) is 0 Å². The summed E-state index contributed by atoms with van der Waals surface area (Å²) in [6, 6.07) is 4.75. The van der Waals surface area contributed by atoms with Gasteiger partial charge in [0.15, 0.2) is 0 Å². The number of nitrogens with zero attached hydrogens (tertiary/aromatic N) is 2. The van der Waals surface area contributed by atoms with Crippen LogP contribution in [0.1, 0.15) is 0 Å². The van der Waals surface area contributed by atoms with Crippen LogP contribution in [-0.4, -0.2) is 64.6 Å². The molecule has 0 N–H and O–H groups in total. The van der Waals surface area contributed by atoms with Crippen LogP contribution in [-0.2, 0) is 10.0 Å². The molecule has 1 heterocycles. The number of ether oxygens (including phenoxy) is 2. The third-order valence-electron chi connectivity index (χ3n) is 3.63. The number of piperazine rings is 1. The molecule has 0 unspecified atom stereocenters. The van der Waals surface area contributed by atoms with E-state index in [1.807, 2.05) is 0 Å². The predicted molar refractivity (Wildman–Crippen MR) is 83.6 cm³/mol. The fourth-order valence-corrected chi connectivity index (χ4v) is 3.97. The second-order valence-electron chi connectivity index (χ2n) is 4.90. The Kier molecular flexibility index (Phi) is 5.29. The fourth-order valence-electron chi connectivity index (χ4n) is 2.38. The first-order valence-corrected chi connectivity index (χ1v) is 8.35. The van der Waals surface area contributed by atoms with Gasteiger partial charge in [-0.2, -0.15) is 4.31 Å². The van der Waals surface area contributed by atoms with E-state index in [0.717, 1.165) is 0 Å². The van der Waals surface area contributed by atoms with Crippen LogP contribution in [0.4, 0.5) is 0 Å². The monoisotopic (exact) mass is 324 g/mol. The van der Waals surface area contributed by atoms with Crippen LogP contribution in [0.5, 0.6) is 11.5 Å². The van der Waals surface area contributed by atoms with Crippen LogP contribution in [0.25, 0.3) is 0 Å². The topological polar surface area (TPSA) is 59.1 Å². The van der Waals surface area contributed by atoms with Gasteiger partial charge in [-0.15, -0.1) is 6.42 Å². The summed E-state index contributed by atoms with van der Waals surface area (Å²) in [6.07, 6.45) is 5.29. The molecule has 0 aromatic heterocycles. The van der Waals surface area contributed by atoms with E-state index in [2.05, 4.69) is 10.8 Å². The van der Waals surface area contributed by atoms with Crippen molar-refractivity contribution in [2.24, 2.45) is 0 Å². The van der Waals surface area contributed by atoms with Gasteiger partial charge in [0.25, 0.3) is 0 Å². The summed E-state index contributed by atoms with van der Waals surface area (Å²) >= 11 is 0. The summed E-state index contributed by atoms with van der Waals surface area (Å²) in [7, 11) is -0.679. The van der Waals surface area contributed by atoms with E-state index in [-0.39, 0.29) is 4.90 Å². The lowest BCUT2D eigenvalue weighted by molar-refractivity contribution is 0.206. The zero-order valence-corrected chi connectivity index (χ0v) is 13.6. The summed E-state index contributed by atoms with van der Waals surface area (Å²) in [6.45, 7) is 2.59. The zero-order chi connectivity index (χ0) is 16.2. The van der Waals surface area contributed by atoms with Gasteiger partial charge in [0.05, 0.1) is 20.8 Å². The first-order valence-electron chi connectivity index (χ1n) is 6.91. The summed E-state index contributed by atoms with van der Waals surface area (Å²) in [5, 5.41) is 0. The maximum Gasteiger partial charge on any atom is 0.246 e. The number of hydrogen-bond donors (Lipinski definition) is 0. The van der Waals surface area contributed by atoms with E-state index < -0.39 is 10.0 Å². The molecule has 1 aliphatic rings. The third-order valence-corrected chi connectivity index (χ3v) is 5.55. The van der Waals surface area contributed by atoms with E-state index in [1.54, 1.807) is 12.1 Å². The molecule has 6 nitrogen and oxygen atoms in total. The molecule has 1 aromatic rings. The second kappa shape index (κ2) is 7.01. The highest BCUT2D eigenvalue weighted by atomic mass is 32.2. The van der Waals surface area contributed by atoms with E-state index in [4.69, 9.17) is 15.9 Å². The van der Waals surface area contributed by atoms with E-state index in [0.29, 0.717) is 44.2 Å². The van der Waals surface area contributed by atoms with Gasteiger partial charge >= 0.3 is 0 Å². The Labute approximate surface area is 131 Å². The lowest BCUT2D eigenvalue weighted by Gasteiger charge is -2.33. The molecule has 1 aliphatic heterocycles. The van der Waals surface area contributed by atoms with Gasteiger partial charge in [-0.25, -0.2) is 8.42 Å². The molecule has 0 saturated carbocycles. The Balaban J connectivity index is 2.26. The van der Waals surface area contributed by atoms with E-state index in [1.165, 1.54) is 24.6 Å². The van der Waals surface area contributed by atoms with Crippen molar-refractivity contribution in [1.82, 2.24) is 9.21 Å². The molecule has 22 heavy (non-hydrogen) atoms. The van der Waals surface area contributed by atoms with Crippen molar-refractivity contribution in [3.05, 3.63) is 18.2 Å². The molecule has 1 fully saturated rings. The number of sulfonamides is 1. The van der Waals surface area contributed by atoms with Gasteiger partial charge in [0.2, 0.25) is 10.0 Å². The third kappa shape index (κ3) is 3.35. The molecule has 7 heteroatoms. The lowest BCUT2D eigenvalue weighted by atomic mass is 10.3. The minimum absolute atomic E-state index is 0.125. The summed E-state index contributed by atoms with van der Waals surface area (Å²) in [5.41, 5.74) is 0. The van der Waals surface area contributed by atoms with Crippen LogP contribution in [0.15, 0.2) is 23.1 Å². The maximum atomic E-state index is 12.8. The Morgan fingerprint density at radius 1 is 1.18 bits per heavy atom. The second-order valence-corrected chi connectivity index (χ2v) is 6.81. The number of benzene rings is 1. The molecule has 1 aromatic carbocycles. The molecule has 0 spiro atoms. The lowest BCUT2D eigenvalue weighted by Crippen LogP contribution is -2.48. The quantitative estimate of drug-likeness (QED) is 0.744. The van der Waals surface area contributed by atoms with Crippen molar-refractivity contribution >= 4 is 10.0 Å². The predicted octanol–water partition coefficient (Wildman–Crippen LogP) is 0.643. The average Bonchev–Trinajstić information content (AvgIpc) is 2.55. The van der Waals surface area contributed by atoms with Crippen molar-refractivity contribution in [2.75, 3.05) is 46.9 Å². The van der Waals surface area contributed by atoms with Crippen molar-refractivity contribution in [1.29, 1.82) is 0 Å². The smallest absolute Gasteiger partial charge is 0.246 e. The molecule has 1 saturated heterocycles. The zero-order valence-electron chi connectivity index (χ0n) is 12.8. The van der Waals surface area contributed by atoms with Crippen molar-refractivity contribution in [3.8, 4) is 23.8 Å².